The molecule has 0 aliphatic carbocycles. The van der Waals surface area contributed by atoms with Crippen LogP contribution in [0.25, 0.3) is 10.9 Å². The lowest BCUT2D eigenvalue weighted by Crippen LogP contribution is -2.37. The Bertz CT molecular complexity index is 1390. The molecule has 2 N–H and O–H groups in total. The van der Waals surface area contributed by atoms with E-state index in [-0.39, 0.29) is 5.91 Å². The van der Waals surface area contributed by atoms with E-state index >= 15 is 0 Å². The van der Waals surface area contributed by atoms with E-state index in [0.29, 0.717) is 12.4 Å². The molecule has 0 unspecified atom stereocenters. The molecule has 2 aromatic carbocycles. The molecular formula is C27H31N7O3S. The van der Waals surface area contributed by atoms with E-state index in [4.69, 9.17) is 9.47 Å². The number of ether oxygens (including phenoxy) is 2. The Hall–Kier alpha value is -3.67. The normalized spacial score (nSPS) is 13.9. The predicted octanol–water partition coefficient (Wildman–Crippen LogP) is 4.49. The molecule has 3 heterocycles. The van der Waals surface area contributed by atoms with Gasteiger partial charge in [-0.05, 0) is 49.7 Å². The molecule has 1 fully saturated rings. The Morgan fingerprint density at radius 3 is 2.74 bits per heavy atom. The third-order valence-corrected chi connectivity index (χ3v) is 6.96. The number of morpholine rings is 1. The minimum absolute atomic E-state index is 0.0989. The van der Waals surface area contributed by atoms with Gasteiger partial charge in [-0.1, -0.05) is 6.07 Å². The number of rotatable bonds is 10. The highest BCUT2D eigenvalue weighted by Crippen LogP contribution is 2.32. The number of aryl methyl sites for hydroxylation is 1. The number of hydrogen-bond acceptors (Lipinski definition) is 9. The number of anilines is 3. The highest BCUT2D eigenvalue weighted by atomic mass is 32.2. The SMILES string of the molecule is CC(=O)Nc1ccc(Sn2nc(C)cc2Nc2ncnc3c(OCCCN4CCOCC4)cccc23)cc1. The van der Waals surface area contributed by atoms with Crippen molar-refractivity contribution in [2.75, 3.05) is 50.1 Å². The van der Waals surface area contributed by atoms with Crippen LogP contribution < -0.4 is 15.4 Å². The monoisotopic (exact) mass is 533 g/mol. The summed E-state index contributed by atoms with van der Waals surface area (Å²) in [6.07, 6.45) is 2.49. The van der Waals surface area contributed by atoms with Crippen molar-refractivity contribution in [1.82, 2.24) is 24.1 Å². The molecule has 1 amide bonds. The third kappa shape index (κ3) is 6.60. The van der Waals surface area contributed by atoms with Gasteiger partial charge in [0, 0.05) is 60.5 Å². The van der Waals surface area contributed by atoms with Crippen molar-refractivity contribution in [3.05, 3.63) is 60.6 Å². The average molecular weight is 534 g/mol. The standard InChI is InChI=1S/C27H31N7O3S/c1-19-17-25(34(32-19)38-22-9-7-21(8-10-22)30-20(2)35)31-27-23-5-3-6-24(26(23)28-18-29-27)37-14-4-11-33-12-15-36-16-13-33/h3,5-10,17-18H,4,11-16H2,1-2H3,(H,30,35)(H,28,29,31). The predicted molar refractivity (Wildman–Crippen MR) is 149 cm³/mol. The number of nitrogens with one attached hydrogen (secondary N) is 2. The Balaban J connectivity index is 1.28. The molecule has 38 heavy (non-hydrogen) atoms. The molecule has 5 rings (SSSR count). The zero-order chi connectivity index (χ0) is 26.3. The van der Waals surface area contributed by atoms with Crippen LogP contribution in [0.1, 0.15) is 19.0 Å². The Labute approximate surface area is 225 Å². The van der Waals surface area contributed by atoms with E-state index in [9.17, 15) is 4.79 Å². The second kappa shape index (κ2) is 12.2. The van der Waals surface area contributed by atoms with Gasteiger partial charge in [0.15, 0.2) is 0 Å². The molecule has 198 valence electrons. The highest BCUT2D eigenvalue weighted by molar-refractivity contribution is 7.97. The number of carbonyl (C=O) groups excluding carboxylic acids is 1. The lowest BCUT2D eigenvalue weighted by atomic mass is 10.2. The zero-order valence-electron chi connectivity index (χ0n) is 21.5. The lowest BCUT2D eigenvalue weighted by molar-refractivity contribution is -0.114. The molecule has 0 spiro atoms. The van der Waals surface area contributed by atoms with Crippen molar-refractivity contribution < 1.29 is 14.3 Å². The number of fused-ring (bicyclic) bond motifs is 1. The molecular weight excluding hydrogens is 502 g/mol. The molecule has 0 bridgehead atoms. The summed E-state index contributed by atoms with van der Waals surface area (Å²) in [6, 6.07) is 15.5. The van der Waals surface area contributed by atoms with Crippen LogP contribution in [0, 0.1) is 6.92 Å². The van der Waals surface area contributed by atoms with Crippen LogP contribution in [-0.2, 0) is 9.53 Å². The van der Waals surface area contributed by atoms with Crippen molar-refractivity contribution in [3.8, 4) is 5.75 Å². The lowest BCUT2D eigenvalue weighted by Gasteiger charge is -2.26. The van der Waals surface area contributed by atoms with E-state index in [2.05, 4.69) is 30.6 Å². The average Bonchev–Trinajstić information content (AvgIpc) is 3.26. The minimum Gasteiger partial charge on any atom is -0.491 e. The van der Waals surface area contributed by atoms with Crippen LogP contribution in [0.3, 0.4) is 0 Å². The van der Waals surface area contributed by atoms with Crippen molar-refractivity contribution >= 4 is 46.1 Å². The summed E-state index contributed by atoms with van der Waals surface area (Å²) in [6.45, 7) is 8.62. The number of aromatic nitrogens is 4. The van der Waals surface area contributed by atoms with Crippen LogP contribution in [-0.4, -0.2) is 69.4 Å². The summed E-state index contributed by atoms with van der Waals surface area (Å²) in [5, 5.41) is 11.7. The van der Waals surface area contributed by atoms with Gasteiger partial charge in [0.1, 0.15) is 29.2 Å². The van der Waals surface area contributed by atoms with Crippen LogP contribution in [0.15, 0.2) is 59.8 Å². The smallest absolute Gasteiger partial charge is 0.221 e. The number of para-hydroxylation sites is 1. The van der Waals surface area contributed by atoms with Gasteiger partial charge < -0.3 is 20.1 Å². The highest BCUT2D eigenvalue weighted by Gasteiger charge is 2.14. The number of benzene rings is 2. The fraction of sp³-hybridized carbons (Fsp3) is 0.333. The molecule has 4 aromatic rings. The first kappa shape index (κ1) is 26.0. The van der Waals surface area contributed by atoms with E-state index in [1.54, 1.807) is 6.33 Å². The molecule has 1 aliphatic heterocycles. The fourth-order valence-electron chi connectivity index (χ4n) is 4.23. The van der Waals surface area contributed by atoms with Gasteiger partial charge in [-0.15, -0.1) is 0 Å². The Morgan fingerprint density at radius 1 is 1.13 bits per heavy atom. The number of carbonyl (C=O) groups is 1. The summed E-state index contributed by atoms with van der Waals surface area (Å²) in [7, 11) is 0. The van der Waals surface area contributed by atoms with Gasteiger partial charge in [0.25, 0.3) is 0 Å². The second-order valence-corrected chi connectivity index (χ2v) is 10.00. The first-order valence-electron chi connectivity index (χ1n) is 12.6. The zero-order valence-corrected chi connectivity index (χ0v) is 22.3. The van der Waals surface area contributed by atoms with E-state index in [1.165, 1.54) is 18.9 Å². The maximum atomic E-state index is 11.3. The first-order chi connectivity index (χ1) is 18.5. The fourth-order valence-corrected chi connectivity index (χ4v) is 5.05. The van der Waals surface area contributed by atoms with Crippen LogP contribution in [0.5, 0.6) is 5.75 Å². The molecule has 1 aliphatic rings. The van der Waals surface area contributed by atoms with Gasteiger partial charge >= 0.3 is 0 Å². The number of nitrogens with zero attached hydrogens (tertiary/aromatic N) is 5. The molecule has 11 heteroatoms. The van der Waals surface area contributed by atoms with E-state index in [0.717, 1.165) is 78.0 Å². The van der Waals surface area contributed by atoms with E-state index in [1.807, 2.05) is 59.5 Å². The van der Waals surface area contributed by atoms with Crippen LogP contribution in [0.2, 0.25) is 0 Å². The summed E-state index contributed by atoms with van der Waals surface area (Å²) in [5.74, 6) is 2.11. The summed E-state index contributed by atoms with van der Waals surface area (Å²) < 4.78 is 13.4. The summed E-state index contributed by atoms with van der Waals surface area (Å²) >= 11 is 1.47. The summed E-state index contributed by atoms with van der Waals surface area (Å²) in [4.78, 5) is 23.7. The Morgan fingerprint density at radius 2 is 1.95 bits per heavy atom. The topological polar surface area (TPSA) is 106 Å². The van der Waals surface area contributed by atoms with E-state index < -0.39 is 0 Å². The largest absolute Gasteiger partial charge is 0.491 e. The minimum atomic E-state index is -0.0989. The van der Waals surface area contributed by atoms with Crippen LogP contribution in [0.4, 0.5) is 17.3 Å². The molecule has 0 atom stereocenters. The van der Waals surface area contributed by atoms with Gasteiger partial charge in [0.2, 0.25) is 5.91 Å². The maximum Gasteiger partial charge on any atom is 0.221 e. The van der Waals surface area contributed by atoms with Gasteiger partial charge in [-0.2, -0.15) is 9.19 Å². The van der Waals surface area contributed by atoms with Gasteiger partial charge in [-0.25, -0.2) is 9.97 Å². The van der Waals surface area contributed by atoms with Crippen molar-refractivity contribution in [2.24, 2.45) is 0 Å². The van der Waals surface area contributed by atoms with Crippen LogP contribution >= 0.6 is 11.9 Å². The maximum absolute atomic E-state index is 11.3. The second-order valence-electron chi connectivity index (χ2n) is 9.00. The first-order valence-corrected chi connectivity index (χ1v) is 13.4. The Kier molecular flexibility index (Phi) is 8.37. The molecule has 0 radical (unpaired) electrons. The molecule has 10 nitrogen and oxygen atoms in total. The third-order valence-electron chi connectivity index (χ3n) is 6.02. The number of amides is 1. The van der Waals surface area contributed by atoms with Gasteiger partial charge in [0.05, 0.1) is 25.5 Å². The molecule has 0 saturated carbocycles. The molecule has 2 aromatic heterocycles. The van der Waals surface area contributed by atoms with Crippen molar-refractivity contribution in [3.63, 3.8) is 0 Å². The van der Waals surface area contributed by atoms with Crippen molar-refractivity contribution in [2.45, 2.75) is 25.2 Å². The van der Waals surface area contributed by atoms with Crippen molar-refractivity contribution in [1.29, 1.82) is 0 Å². The molecule has 1 saturated heterocycles. The summed E-state index contributed by atoms with van der Waals surface area (Å²) in [5.41, 5.74) is 2.39. The quantitative estimate of drug-likeness (QED) is 0.285. The number of hydrogen-bond donors (Lipinski definition) is 2. The van der Waals surface area contributed by atoms with Gasteiger partial charge in [-0.3, -0.25) is 9.69 Å².